The molecule has 0 aromatic rings. The summed E-state index contributed by atoms with van der Waals surface area (Å²) in [5, 5.41) is -0.297. The number of hydrogen-bond acceptors (Lipinski definition) is 1. The molecule has 41 valence electrons. The first-order valence-corrected chi connectivity index (χ1v) is 2.96. The normalized spacial score (nSPS) is 33.2. The maximum atomic E-state index is 5.78. The smallest absolute Gasteiger partial charge is 0.225 e. The summed E-state index contributed by atoms with van der Waals surface area (Å²) in [4.78, 5) is 1.58. The van der Waals surface area contributed by atoms with E-state index in [1.165, 1.54) is 0 Å². The van der Waals surface area contributed by atoms with Gasteiger partial charge in [0.1, 0.15) is 7.28 Å². The molecule has 1 aliphatic heterocycles. The average molecular weight is 114 g/mol. The Balaban J connectivity index is 2.57. The third kappa shape index (κ3) is 1.35. The highest BCUT2D eigenvalue weighted by molar-refractivity contribution is 6.54. The van der Waals surface area contributed by atoms with Gasteiger partial charge < -0.3 is 4.81 Å². The Morgan fingerprint density at radius 2 is 2.44 bits per heavy atom. The van der Waals surface area contributed by atoms with E-state index in [9.17, 15) is 0 Å². The molecule has 1 unspecified atom stereocenters. The van der Waals surface area contributed by atoms with Crippen LogP contribution in [0.4, 0.5) is 0 Å². The zero-order valence-corrected chi connectivity index (χ0v) is 5.54. The fourth-order valence-electron chi connectivity index (χ4n) is 0.844. The van der Waals surface area contributed by atoms with Gasteiger partial charge in [-0.25, -0.2) is 0 Å². The molecular weight excluding hydrogens is 106 g/mol. The Morgan fingerprint density at radius 1 is 1.78 bits per heavy atom. The standard InChI is InChI=1S/C5H7B3N/c1-8-5(6)2-3-9(7)4-5/h2-3H,4H2,1H3. The van der Waals surface area contributed by atoms with Crippen LogP contribution in [0.1, 0.15) is 0 Å². The summed E-state index contributed by atoms with van der Waals surface area (Å²) in [6, 6.07) is 0. The predicted octanol–water partition coefficient (Wildman–Crippen LogP) is -0.0638. The lowest BCUT2D eigenvalue weighted by Gasteiger charge is -2.21. The van der Waals surface area contributed by atoms with Gasteiger partial charge >= 0.3 is 0 Å². The van der Waals surface area contributed by atoms with Crippen LogP contribution < -0.4 is 0 Å². The Hall–Kier alpha value is -0.265. The van der Waals surface area contributed by atoms with Gasteiger partial charge in [-0.05, 0) is 12.7 Å². The van der Waals surface area contributed by atoms with Crippen LogP contribution in [0.25, 0.3) is 0 Å². The lowest BCUT2D eigenvalue weighted by atomic mass is 9.44. The minimum absolute atomic E-state index is 0.297. The van der Waals surface area contributed by atoms with Crippen molar-refractivity contribution in [2.45, 2.75) is 12.0 Å². The summed E-state index contributed by atoms with van der Waals surface area (Å²) in [7, 11) is 13.2. The van der Waals surface area contributed by atoms with Crippen LogP contribution in [-0.2, 0) is 0 Å². The second kappa shape index (κ2) is 2.16. The van der Waals surface area contributed by atoms with Gasteiger partial charge in [-0.15, -0.1) is 0 Å². The average Bonchev–Trinajstić information content (AvgIpc) is 2.13. The van der Waals surface area contributed by atoms with Crippen molar-refractivity contribution in [2.24, 2.45) is 0 Å². The van der Waals surface area contributed by atoms with Crippen molar-refractivity contribution < 1.29 is 0 Å². The van der Waals surface area contributed by atoms with Gasteiger partial charge in [-0.3, -0.25) is 0 Å². The highest BCUT2D eigenvalue weighted by Crippen LogP contribution is 2.27. The van der Waals surface area contributed by atoms with Crippen molar-refractivity contribution in [3.05, 3.63) is 12.3 Å². The summed E-state index contributed by atoms with van der Waals surface area (Å²) in [5.41, 5.74) is 0. The van der Waals surface area contributed by atoms with Crippen LogP contribution in [0.5, 0.6) is 0 Å². The van der Waals surface area contributed by atoms with Crippen molar-refractivity contribution in [2.75, 3.05) is 6.54 Å². The zero-order valence-electron chi connectivity index (χ0n) is 5.54. The van der Waals surface area contributed by atoms with Crippen LogP contribution in [-0.4, -0.2) is 34.5 Å². The molecule has 1 nitrogen and oxygen atoms in total. The molecule has 0 amide bonds. The first-order chi connectivity index (χ1) is 4.16. The molecular formula is C5H7B3N. The molecule has 1 atom stereocenters. The van der Waals surface area contributed by atoms with Crippen molar-refractivity contribution in [3.8, 4) is 0 Å². The molecule has 0 saturated carbocycles. The molecule has 1 aliphatic rings. The van der Waals surface area contributed by atoms with Crippen LogP contribution in [0.2, 0.25) is 12.0 Å². The summed E-state index contributed by atoms with van der Waals surface area (Å²) >= 11 is 0. The van der Waals surface area contributed by atoms with Crippen LogP contribution >= 0.6 is 0 Å². The second-order valence-electron chi connectivity index (χ2n) is 2.39. The Bertz CT molecular complexity index is 136. The molecule has 0 saturated heterocycles. The molecule has 1 heterocycles. The minimum atomic E-state index is -0.297. The molecule has 0 N–H and O–H groups in total. The molecule has 9 heavy (non-hydrogen) atoms. The zero-order chi connectivity index (χ0) is 6.91. The largest absolute Gasteiger partial charge is 0.431 e. The molecule has 4 heteroatoms. The Kier molecular flexibility index (Phi) is 1.65. The van der Waals surface area contributed by atoms with Crippen LogP contribution in [0, 0.1) is 0 Å². The maximum Gasteiger partial charge on any atom is 0.225 e. The van der Waals surface area contributed by atoms with Crippen molar-refractivity contribution >= 4 is 23.1 Å². The molecule has 0 spiro atoms. The van der Waals surface area contributed by atoms with Gasteiger partial charge in [-0.2, -0.15) is 0 Å². The van der Waals surface area contributed by atoms with Crippen molar-refractivity contribution in [3.63, 3.8) is 0 Å². The number of rotatable bonds is 1. The van der Waals surface area contributed by atoms with E-state index in [-0.39, 0.29) is 5.21 Å². The van der Waals surface area contributed by atoms with E-state index < -0.39 is 0 Å². The molecule has 0 aliphatic carbocycles. The minimum Gasteiger partial charge on any atom is -0.431 e. The third-order valence-electron chi connectivity index (χ3n) is 1.57. The van der Waals surface area contributed by atoms with E-state index in [0.717, 1.165) is 0 Å². The van der Waals surface area contributed by atoms with Gasteiger partial charge in [0.05, 0.1) is 7.85 Å². The monoisotopic (exact) mass is 114 g/mol. The second-order valence-corrected chi connectivity index (χ2v) is 2.39. The SMILES string of the molecule is [B]N1C=CC([B])([B]C)C1. The van der Waals surface area contributed by atoms with E-state index >= 15 is 0 Å². The highest BCUT2D eigenvalue weighted by atomic mass is 15.0. The van der Waals surface area contributed by atoms with Gasteiger partial charge in [-0.1, -0.05) is 18.1 Å². The van der Waals surface area contributed by atoms with E-state index in [2.05, 4.69) is 0 Å². The number of nitrogens with zero attached hydrogens (tertiary/aromatic N) is 1. The number of hydrogen-bond donors (Lipinski definition) is 0. The lowest BCUT2D eigenvalue weighted by Crippen LogP contribution is -2.24. The van der Waals surface area contributed by atoms with Gasteiger partial charge in [0, 0.05) is 0 Å². The van der Waals surface area contributed by atoms with E-state index in [1.54, 1.807) is 11.0 Å². The fourth-order valence-corrected chi connectivity index (χ4v) is 0.844. The fraction of sp³-hybridized carbons (Fsp3) is 0.600. The summed E-state index contributed by atoms with van der Waals surface area (Å²) < 4.78 is 0. The molecule has 1 rings (SSSR count). The van der Waals surface area contributed by atoms with E-state index in [1.807, 2.05) is 20.2 Å². The van der Waals surface area contributed by atoms with Crippen molar-refractivity contribution in [1.82, 2.24) is 4.81 Å². The van der Waals surface area contributed by atoms with Crippen molar-refractivity contribution in [1.29, 1.82) is 0 Å². The van der Waals surface area contributed by atoms with E-state index in [4.69, 9.17) is 15.8 Å². The van der Waals surface area contributed by atoms with Gasteiger partial charge in [0.25, 0.3) is 0 Å². The van der Waals surface area contributed by atoms with Crippen LogP contribution in [0.15, 0.2) is 12.3 Å². The van der Waals surface area contributed by atoms with Crippen LogP contribution in [0.3, 0.4) is 0 Å². The molecule has 0 bridgehead atoms. The summed E-state index contributed by atoms with van der Waals surface area (Å²) in [6.45, 7) is 2.62. The van der Waals surface area contributed by atoms with Gasteiger partial charge in [0.2, 0.25) is 7.98 Å². The Morgan fingerprint density at radius 3 is 2.67 bits per heavy atom. The van der Waals surface area contributed by atoms with Gasteiger partial charge in [0.15, 0.2) is 0 Å². The first-order valence-electron chi connectivity index (χ1n) is 2.96. The maximum absolute atomic E-state index is 5.78. The first kappa shape index (κ1) is 6.85. The third-order valence-corrected chi connectivity index (χ3v) is 1.57. The summed E-state index contributed by atoms with van der Waals surface area (Å²) in [5.74, 6) is 0. The topological polar surface area (TPSA) is 3.24 Å². The summed E-state index contributed by atoms with van der Waals surface area (Å²) in [6.07, 6.45) is 3.69. The highest BCUT2D eigenvalue weighted by Gasteiger charge is 2.23. The predicted molar refractivity (Wildman–Crippen MR) is 41.7 cm³/mol. The Labute approximate surface area is 59.6 Å². The molecule has 5 radical (unpaired) electrons. The van der Waals surface area contributed by atoms with E-state index in [0.29, 0.717) is 6.54 Å². The lowest BCUT2D eigenvalue weighted by molar-refractivity contribution is 0.628. The molecule has 0 aromatic carbocycles. The molecule has 0 fully saturated rings. The molecule has 0 aromatic heterocycles. The quantitative estimate of drug-likeness (QED) is 0.431.